The average molecular weight is 308 g/mol. The summed E-state index contributed by atoms with van der Waals surface area (Å²) in [5.74, 6) is -0.112. The normalized spacial score (nSPS) is 17.7. The number of para-hydroxylation sites is 1. The van der Waals surface area contributed by atoms with E-state index in [9.17, 15) is 9.59 Å². The standard InChI is InChI=1S/C15H18ClN3O2/c1-3-9-17-15(21)18(2)13-8-10-19(14(13)20)12-7-5-4-6-11(12)16/h3-7,13H,1,8-10H2,2H3,(H,17,21)/t13-/m0/s1. The predicted molar refractivity (Wildman–Crippen MR) is 83.6 cm³/mol. The van der Waals surface area contributed by atoms with Crippen LogP contribution in [0.4, 0.5) is 10.5 Å². The maximum Gasteiger partial charge on any atom is 0.318 e. The quantitative estimate of drug-likeness (QED) is 0.868. The number of hydrogen-bond acceptors (Lipinski definition) is 2. The Bertz CT molecular complexity index is 562. The Hall–Kier alpha value is -2.01. The summed E-state index contributed by atoms with van der Waals surface area (Å²) >= 11 is 6.13. The minimum Gasteiger partial charge on any atom is -0.335 e. The van der Waals surface area contributed by atoms with E-state index in [4.69, 9.17) is 11.6 Å². The first kappa shape index (κ1) is 15.4. The van der Waals surface area contributed by atoms with Crippen molar-refractivity contribution in [1.29, 1.82) is 0 Å². The molecule has 0 aromatic heterocycles. The Morgan fingerprint density at radius 3 is 2.95 bits per heavy atom. The number of halogens is 1. The van der Waals surface area contributed by atoms with Gasteiger partial charge >= 0.3 is 6.03 Å². The summed E-state index contributed by atoms with van der Waals surface area (Å²) < 4.78 is 0. The molecule has 6 heteroatoms. The summed E-state index contributed by atoms with van der Waals surface area (Å²) in [6.45, 7) is 4.46. The SMILES string of the molecule is C=CCNC(=O)N(C)[C@H]1CCN(c2ccccc2Cl)C1=O. The number of anilines is 1. The van der Waals surface area contributed by atoms with Crippen LogP contribution >= 0.6 is 11.6 Å². The van der Waals surface area contributed by atoms with Crippen molar-refractivity contribution < 1.29 is 9.59 Å². The van der Waals surface area contributed by atoms with E-state index in [-0.39, 0.29) is 11.9 Å². The molecule has 0 saturated carbocycles. The number of rotatable bonds is 4. The fourth-order valence-electron chi connectivity index (χ4n) is 2.36. The summed E-state index contributed by atoms with van der Waals surface area (Å²) in [5.41, 5.74) is 0.687. The molecule has 1 heterocycles. The van der Waals surface area contributed by atoms with Crippen LogP contribution in [-0.4, -0.2) is 43.0 Å². The fraction of sp³-hybridized carbons (Fsp3) is 0.333. The molecule has 21 heavy (non-hydrogen) atoms. The number of hydrogen-bond donors (Lipinski definition) is 1. The molecule has 0 spiro atoms. The third-order valence-corrected chi connectivity index (χ3v) is 3.83. The zero-order valence-electron chi connectivity index (χ0n) is 11.9. The van der Waals surface area contributed by atoms with E-state index < -0.39 is 6.04 Å². The zero-order chi connectivity index (χ0) is 15.4. The number of amides is 3. The topological polar surface area (TPSA) is 52.7 Å². The zero-order valence-corrected chi connectivity index (χ0v) is 12.6. The van der Waals surface area contributed by atoms with Gasteiger partial charge < -0.3 is 15.1 Å². The van der Waals surface area contributed by atoms with Crippen LogP contribution in [0.2, 0.25) is 5.02 Å². The van der Waals surface area contributed by atoms with E-state index >= 15 is 0 Å². The first-order valence-electron chi connectivity index (χ1n) is 6.73. The highest BCUT2D eigenvalue weighted by Gasteiger charge is 2.37. The van der Waals surface area contributed by atoms with Crippen LogP contribution in [0.3, 0.4) is 0 Å². The molecule has 5 nitrogen and oxygen atoms in total. The molecule has 0 unspecified atom stereocenters. The second-order valence-electron chi connectivity index (χ2n) is 4.83. The van der Waals surface area contributed by atoms with Crippen molar-refractivity contribution in [3.05, 3.63) is 41.9 Å². The molecular weight excluding hydrogens is 290 g/mol. The van der Waals surface area contributed by atoms with E-state index in [1.807, 2.05) is 12.1 Å². The molecule has 112 valence electrons. The molecule has 0 aliphatic carbocycles. The Morgan fingerprint density at radius 2 is 2.29 bits per heavy atom. The minimum atomic E-state index is -0.467. The Labute approximate surface area is 129 Å². The highest BCUT2D eigenvalue weighted by Crippen LogP contribution is 2.30. The lowest BCUT2D eigenvalue weighted by Gasteiger charge is -2.24. The largest absolute Gasteiger partial charge is 0.335 e. The Kier molecular flexibility index (Phi) is 4.85. The van der Waals surface area contributed by atoms with E-state index in [2.05, 4.69) is 11.9 Å². The summed E-state index contributed by atoms with van der Waals surface area (Å²) in [5, 5.41) is 3.20. The van der Waals surface area contributed by atoms with Gasteiger partial charge in [-0.05, 0) is 18.6 Å². The summed E-state index contributed by atoms with van der Waals surface area (Å²) in [6, 6.07) is 6.46. The average Bonchev–Trinajstić information content (AvgIpc) is 2.86. The van der Waals surface area contributed by atoms with Crippen LogP contribution in [0.5, 0.6) is 0 Å². The van der Waals surface area contributed by atoms with Crippen molar-refractivity contribution in [2.24, 2.45) is 0 Å². The van der Waals surface area contributed by atoms with E-state index in [0.29, 0.717) is 30.2 Å². The molecule has 1 aliphatic rings. The number of carbonyl (C=O) groups excluding carboxylic acids is 2. The smallest absolute Gasteiger partial charge is 0.318 e. The molecule has 0 bridgehead atoms. The molecular formula is C15H18ClN3O2. The molecule has 0 radical (unpaired) electrons. The van der Waals surface area contributed by atoms with Gasteiger partial charge in [-0.1, -0.05) is 29.8 Å². The molecule has 3 amide bonds. The maximum absolute atomic E-state index is 12.5. The number of likely N-dealkylation sites (N-methyl/N-ethyl adjacent to an activating group) is 1. The summed E-state index contributed by atoms with van der Waals surface area (Å²) in [4.78, 5) is 27.5. The van der Waals surface area contributed by atoms with Gasteiger partial charge in [-0.3, -0.25) is 4.79 Å². The summed E-state index contributed by atoms with van der Waals surface area (Å²) in [6.07, 6.45) is 2.18. The van der Waals surface area contributed by atoms with Crippen LogP contribution < -0.4 is 10.2 Å². The molecule has 1 fully saturated rings. The first-order chi connectivity index (χ1) is 10.1. The van der Waals surface area contributed by atoms with E-state index in [1.165, 1.54) is 4.90 Å². The highest BCUT2D eigenvalue weighted by molar-refractivity contribution is 6.34. The first-order valence-corrected chi connectivity index (χ1v) is 7.11. The molecule has 1 saturated heterocycles. The summed E-state index contributed by atoms with van der Waals surface area (Å²) in [7, 11) is 1.62. The molecule has 2 rings (SSSR count). The van der Waals surface area contributed by atoms with Crippen molar-refractivity contribution in [3.63, 3.8) is 0 Å². The number of benzene rings is 1. The van der Waals surface area contributed by atoms with Crippen LogP contribution in [0.1, 0.15) is 6.42 Å². The van der Waals surface area contributed by atoms with Gasteiger partial charge in [-0.15, -0.1) is 6.58 Å². The predicted octanol–water partition coefficient (Wildman–Crippen LogP) is 2.27. The van der Waals surface area contributed by atoms with Crippen LogP contribution in [-0.2, 0) is 4.79 Å². The van der Waals surface area contributed by atoms with Gasteiger partial charge in [-0.2, -0.15) is 0 Å². The molecule has 1 aliphatic heterocycles. The Balaban J connectivity index is 2.09. The lowest BCUT2D eigenvalue weighted by atomic mass is 10.2. The van der Waals surface area contributed by atoms with Crippen LogP contribution in [0, 0.1) is 0 Å². The highest BCUT2D eigenvalue weighted by atomic mass is 35.5. The van der Waals surface area contributed by atoms with Crippen molar-refractivity contribution in [1.82, 2.24) is 10.2 Å². The minimum absolute atomic E-state index is 0.112. The molecule has 1 aromatic rings. The second kappa shape index (κ2) is 6.63. The molecule has 1 atom stereocenters. The van der Waals surface area contributed by atoms with Crippen molar-refractivity contribution >= 4 is 29.2 Å². The van der Waals surface area contributed by atoms with Gasteiger partial charge in [0.15, 0.2) is 0 Å². The number of nitrogens with zero attached hydrogens (tertiary/aromatic N) is 2. The van der Waals surface area contributed by atoms with Gasteiger partial charge in [0.05, 0.1) is 10.7 Å². The van der Waals surface area contributed by atoms with Crippen molar-refractivity contribution in [2.45, 2.75) is 12.5 Å². The van der Waals surface area contributed by atoms with Gasteiger partial charge in [0.1, 0.15) is 6.04 Å². The Morgan fingerprint density at radius 1 is 1.57 bits per heavy atom. The van der Waals surface area contributed by atoms with Gasteiger partial charge in [0.2, 0.25) is 5.91 Å². The van der Waals surface area contributed by atoms with E-state index in [1.54, 1.807) is 30.2 Å². The third kappa shape index (κ3) is 3.19. The second-order valence-corrected chi connectivity index (χ2v) is 5.24. The monoisotopic (exact) mass is 307 g/mol. The third-order valence-electron chi connectivity index (χ3n) is 3.51. The van der Waals surface area contributed by atoms with Gasteiger partial charge in [0.25, 0.3) is 0 Å². The lowest BCUT2D eigenvalue weighted by Crippen LogP contribution is -2.47. The molecule has 1 N–H and O–H groups in total. The van der Waals surface area contributed by atoms with E-state index in [0.717, 1.165) is 0 Å². The number of carbonyl (C=O) groups is 2. The fourth-order valence-corrected chi connectivity index (χ4v) is 2.60. The molecule has 1 aromatic carbocycles. The van der Waals surface area contributed by atoms with Crippen LogP contribution in [0.15, 0.2) is 36.9 Å². The van der Waals surface area contributed by atoms with Gasteiger partial charge in [0, 0.05) is 20.1 Å². The number of nitrogens with one attached hydrogen (secondary N) is 1. The maximum atomic E-state index is 12.5. The van der Waals surface area contributed by atoms with Crippen LogP contribution in [0.25, 0.3) is 0 Å². The van der Waals surface area contributed by atoms with Crippen molar-refractivity contribution in [2.75, 3.05) is 25.0 Å². The number of urea groups is 1. The van der Waals surface area contributed by atoms with Gasteiger partial charge in [-0.25, -0.2) is 4.79 Å². The lowest BCUT2D eigenvalue weighted by molar-refractivity contribution is -0.120. The van der Waals surface area contributed by atoms with Crippen molar-refractivity contribution in [3.8, 4) is 0 Å².